The minimum Gasteiger partial charge on any atom is -0.494 e. The lowest BCUT2D eigenvalue weighted by Gasteiger charge is -2.13. The maximum absolute atomic E-state index is 12.0. The number of halogens is 3. The maximum Gasteiger partial charge on any atom is 0.389 e. The highest BCUT2D eigenvalue weighted by molar-refractivity contribution is 5.34. The summed E-state index contributed by atoms with van der Waals surface area (Å²) in [6.45, 7) is 7.72. The van der Waals surface area contributed by atoms with Crippen molar-refractivity contribution in [2.75, 3.05) is 6.61 Å². The molecule has 22 heavy (non-hydrogen) atoms. The fraction of sp³-hybridized carbons (Fsp3) is 0.444. The first-order valence-corrected chi connectivity index (χ1v) is 7.18. The lowest BCUT2D eigenvalue weighted by Crippen LogP contribution is -2.09. The van der Waals surface area contributed by atoms with Gasteiger partial charge in [0, 0.05) is 12.3 Å². The summed E-state index contributed by atoms with van der Waals surface area (Å²) in [5.74, 6) is 6.71. The highest BCUT2D eigenvalue weighted by Crippen LogP contribution is 2.25. The first-order chi connectivity index (χ1) is 10.3. The second kappa shape index (κ2) is 8.53. The fourth-order valence-corrected chi connectivity index (χ4v) is 2.03. The van der Waals surface area contributed by atoms with Crippen molar-refractivity contribution in [2.24, 2.45) is 0 Å². The molecule has 1 unspecified atom stereocenters. The van der Waals surface area contributed by atoms with Crippen molar-refractivity contribution >= 4 is 0 Å². The second-order valence-corrected chi connectivity index (χ2v) is 5.24. The van der Waals surface area contributed by atoms with E-state index in [1.54, 1.807) is 19.1 Å². The SMILES string of the molecule is C=C(C)CC(C#CC)c1ccc(OCCCC(F)(F)F)cc1. The van der Waals surface area contributed by atoms with Gasteiger partial charge in [0.25, 0.3) is 0 Å². The molecule has 0 fully saturated rings. The van der Waals surface area contributed by atoms with Crippen LogP contribution in [0.2, 0.25) is 0 Å². The highest BCUT2D eigenvalue weighted by atomic mass is 19.4. The van der Waals surface area contributed by atoms with E-state index in [0.29, 0.717) is 5.75 Å². The highest BCUT2D eigenvalue weighted by Gasteiger charge is 2.26. The Morgan fingerprint density at radius 3 is 2.41 bits per heavy atom. The third-order valence-corrected chi connectivity index (χ3v) is 3.03. The molecular formula is C18H21F3O. The summed E-state index contributed by atoms with van der Waals surface area (Å²) in [5.41, 5.74) is 2.11. The lowest BCUT2D eigenvalue weighted by atomic mass is 9.93. The van der Waals surface area contributed by atoms with E-state index in [4.69, 9.17) is 4.74 Å². The van der Waals surface area contributed by atoms with Crippen LogP contribution in [0.25, 0.3) is 0 Å². The van der Waals surface area contributed by atoms with E-state index < -0.39 is 12.6 Å². The predicted octanol–water partition coefficient (Wildman–Crippen LogP) is 5.48. The van der Waals surface area contributed by atoms with Gasteiger partial charge in [0.05, 0.1) is 6.61 Å². The standard InChI is InChI=1S/C18H21F3O/c1-4-6-16(13-14(2)3)15-7-9-17(10-8-15)22-12-5-11-18(19,20)21/h7-10,16H,2,5,11-13H2,1,3H3. The van der Waals surface area contributed by atoms with Crippen molar-refractivity contribution in [3.8, 4) is 17.6 Å². The van der Waals surface area contributed by atoms with Gasteiger partial charge < -0.3 is 4.74 Å². The molecule has 0 aliphatic carbocycles. The smallest absolute Gasteiger partial charge is 0.389 e. The Balaban J connectivity index is 2.57. The summed E-state index contributed by atoms with van der Waals surface area (Å²) in [4.78, 5) is 0. The minimum absolute atomic E-state index is 0.0369. The van der Waals surface area contributed by atoms with Gasteiger partial charge in [-0.2, -0.15) is 13.2 Å². The zero-order valence-electron chi connectivity index (χ0n) is 13.0. The third-order valence-electron chi connectivity index (χ3n) is 3.03. The molecule has 0 saturated carbocycles. The first kappa shape index (κ1) is 18.2. The molecule has 0 aromatic heterocycles. The van der Waals surface area contributed by atoms with E-state index in [9.17, 15) is 13.2 Å². The van der Waals surface area contributed by atoms with Crippen LogP contribution < -0.4 is 4.74 Å². The molecule has 0 aliphatic rings. The molecule has 1 atom stereocenters. The number of hydrogen-bond donors (Lipinski definition) is 0. The zero-order valence-corrected chi connectivity index (χ0v) is 13.0. The second-order valence-electron chi connectivity index (χ2n) is 5.24. The van der Waals surface area contributed by atoms with Crippen LogP contribution in [0, 0.1) is 11.8 Å². The molecule has 0 spiro atoms. The van der Waals surface area contributed by atoms with Gasteiger partial charge >= 0.3 is 6.18 Å². The van der Waals surface area contributed by atoms with Gasteiger partial charge in [-0.3, -0.25) is 0 Å². The molecule has 0 bridgehead atoms. The van der Waals surface area contributed by atoms with Crippen LogP contribution in [-0.4, -0.2) is 12.8 Å². The number of hydrogen-bond acceptors (Lipinski definition) is 1. The van der Waals surface area contributed by atoms with Gasteiger partial charge in [0.15, 0.2) is 0 Å². The van der Waals surface area contributed by atoms with Gasteiger partial charge in [0.1, 0.15) is 5.75 Å². The van der Waals surface area contributed by atoms with Crippen LogP contribution in [-0.2, 0) is 0 Å². The normalized spacial score (nSPS) is 12.2. The van der Waals surface area contributed by atoms with Crippen LogP contribution in [0.4, 0.5) is 13.2 Å². The van der Waals surface area contributed by atoms with Crippen LogP contribution in [0.1, 0.15) is 44.6 Å². The van der Waals surface area contributed by atoms with Crippen molar-refractivity contribution in [1.82, 2.24) is 0 Å². The van der Waals surface area contributed by atoms with Gasteiger partial charge in [-0.25, -0.2) is 0 Å². The number of allylic oxidation sites excluding steroid dienone is 1. The summed E-state index contributed by atoms with van der Waals surface area (Å²) in [6.07, 6.45) is -4.20. The molecule has 1 nitrogen and oxygen atoms in total. The number of ether oxygens (including phenoxy) is 1. The Kier molecular flexibility index (Phi) is 7.04. The van der Waals surface area contributed by atoms with Gasteiger partial charge in [-0.05, 0) is 44.4 Å². The van der Waals surface area contributed by atoms with E-state index in [0.717, 1.165) is 17.6 Å². The number of benzene rings is 1. The molecule has 0 amide bonds. The van der Waals surface area contributed by atoms with Crippen LogP contribution in [0.15, 0.2) is 36.4 Å². The number of alkyl halides is 3. The number of rotatable bonds is 7. The van der Waals surface area contributed by atoms with Crippen LogP contribution >= 0.6 is 0 Å². The Labute approximate surface area is 130 Å². The van der Waals surface area contributed by atoms with Gasteiger partial charge in [-0.15, -0.1) is 12.5 Å². The molecule has 0 N–H and O–H groups in total. The third kappa shape index (κ3) is 7.21. The summed E-state index contributed by atoms with van der Waals surface area (Å²) >= 11 is 0. The molecule has 4 heteroatoms. The van der Waals surface area contributed by atoms with Gasteiger partial charge in [0.2, 0.25) is 0 Å². The van der Waals surface area contributed by atoms with Crippen molar-refractivity contribution in [3.63, 3.8) is 0 Å². The molecule has 1 aromatic carbocycles. The van der Waals surface area contributed by atoms with Crippen LogP contribution in [0.3, 0.4) is 0 Å². The predicted molar refractivity (Wildman–Crippen MR) is 82.8 cm³/mol. The molecule has 120 valence electrons. The molecule has 1 rings (SSSR count). The van der Waals surface area contributed by atoms with Crippen molar-refractivity contribution < 1.29 is 17.9 Å². The summed E-state index contributed by atoms with van der Waals surface area (Å²) < 4.78 is 41.4. The maximum atomic E-state index is 12.0. The molecule has 0 heterocycles. The minimum atomic E-state index is -4.12. The van der Waals surface area contributed by atoms with E-state index in [-0.39, 0.29) is 18.9 Å². The summed E-state index contributed by atoms with van der Waals surface area (Å²) in [7, 11) is 0. The summed E-state index contributed by atoms with van der Waals surface area (Å²) in [6, 6.07) is 7.34. The topological polar surface area (TPSA) is 9.23 Å². The average molecular weight is 310 g/mol. The fourth-order valence-electron chi connectivity index (χ4n) is 2.03. The van der Waals surface area contributed by atoms with E-state index in [1.807, 2.05) is 19.1 Å². The molecule has 0 radical (unpaired) electrons. The first-order valence-electron chi connectivity index (χ1n) is 7.18. The van der Waals surface area contributed by atoms with E-state index in [2.05, 4.69) is 18.4 Å². The summed E-state index contributed by atoms with van der Waals surface area (Å²) in [5, 5.41) is 0. The molecule has 0 saturated heterocycles. The Bertz CT molecular complexity index is 532. The van der Waals surface area contributed by atoms with Crippen molar-refractivity contribution in [3.05, 3.63) is 42.0 Å². The van der Waals surface area contributed by atoms with Crippen molar-refractivity contribution in [2.45, 2.75) is 45.2 Å². The van der Waals surface area contributed by atoms with Gasteiger partial charge in [-0.1, -0.05) is 23.6 Å². The monoisotopic (exact) mass is 310 g/mol. The van der Waals surface area contributed by atoms with Crippen LogP contribution in [0.5, 0.6) is 5.75 Å². The largest absolute Gasteiger partial charge is 0.494 e. The lowest BCUT2D eigenvalue weighted by molar-refractivity contribution is -0.136. The zero-order chi connectivity index (χ0) is 16.6. The Hall–Kier alpha value is -1.89. The van der Waals surface area contributed by atoms with E-state index in [1.165, 1.54) is 0 Å². The Morgan fingerprint density at radius 1 is 1.27 bits per heavy atom. The molecule has 1 aromatic rings. The average Bonchev–Trinajstić information content (AvgIpc) is 2.42. The molecule has 0 aliphatic heterocycles. The molecular weight excluding hydrogens is 289 g/mol. The van der Waals surface area contributed by atoms with Crippen molar-refractivity contribution in [1.29, 1.82) is 0 Å². The Morgan fingerprint density at radius 2 is 1.91 bits per heavy atom. The quantitative estimate of drug-likeness (QED) is 0.368. The van der Waals surface area contributed by atoms with E-state index >= 15 is 0 Å².